The summed E-state index contributed by atoms with van der Waals surface area (Å²) < 4.78 is 5.17. The molecule has 0 unspecified atom stereocenters. The topological polar surface area (TPSA) is 56.6 Å². The summed E-state index contributed by atoms with van der Waals surface area (Å²) in [4.78, 5) is 15.3. The van der Waals surface area contributed by atoms with Gasteiger partial charge in [0.2, 0.25) is 0 Å². The Morgan fingerprint density at radius 1 is 1.53 bits per heavy atom. The van der Waals surface area contributed by atoms with Crippen molar-refractivity contribution in [1.82, 2.24) is 9.80 Å². The molecule has 5 heteroatoms. The number of nitriles is 1. The van der Waals surface area contributed by atoms with Crippen molar-refractivity contribution in [3.63, 3.8) is 0 Å². The van der Waals surface area contributed by atoms with E-state index in [1.54, 1.807) is 9.80 Å². The minimum atomic E-state index is -0.0401. The van der Waals surface area contributed by atoms with Crippen LogP contribution in [-0.2, 0) is 4.74 Å². The van der Waals surface area contributed by atoms with Crippen LogP contribution in [-0.4, -0.2) is 55.2 Å². The predicted molar refractivity (Wildman–Crippen MR) is 55.3 cm³/mol. The van der Waals surface area contributed by atoms with Crippen molar-refractivity contribution in [3.8, 4) is 6.07 Å². The lowest BCUT2D eigenvalue weighted by atomic mass is 10.4. The van der Waals surface area contributed by atoms with Gasteiger partial charge in [-0.3, -0.25) is 0 Å². The van der Waals surface area contributed by atoms with Crippen LogP contribution in [0.1, 0.15) is 13.3 Å². The first-order valence-corrected chi connectivity index (χ1v) is 5.28. The van der Waals surface area contributed by atoms with Crippen LogP contribution in [0.25, 0.3) is 0 Å². The lowest BCUT2D eigenvalue weighted by molar-refractivity contribution is 0.0443. The molecule has 1 heterocycles. The van der Waals surface area contributed by atoms with Crippen LogP contribution in [0.3, 0.4) is 0 Å². The van der Waals surface area contributed by atoms with E-state index in [9.17, 15) is 4.79 Å². The molecule has 2 amide bonds. The van der Waals surface area contributed by atoms with Gasteiger partial charge in [-0.25, -0.2) is 4.79 Å². The Balaban J connectivity index is 2.50. The van der Waals surface area contributed by atoms with Crippen LogP contribution < -0.4 is 0 Å². The van der Waals surface area contributed by atoms with Crippen LogP contribution >= 0.6 is 0 Å². The second-order valence-corrected chi connectivity index (χ2v) is 3.46. The maximum absolute atomic E-state index is 11.9. The van der Waals surface area contributed by atoms with Gasteiger partial charge in [0.15, 0.2) is 0 Å². The third kappa shape index (κ3) is 3.40. The first-order valence-electron chi connectivity index (χ1n) is 5.28. The van der Waals surface area contributed by atoms with Crippen LogP contribution in [0.2, 0.25) is 0 Å². The third-order valence-corrected chi connectivity index (χ3v) is 2.31. The van der Waals surface area contributed by atoms with E-state index in [1.165, 1.54) is 0 Å². The highest BCUT2D eigenvalue weighted by Gasteiger charge is 2.21. The van der Waals surface area contributed by atoms with Crippen molar-refractivity contribution in [2.45, 2.75) is 13.3 Å². The Morgan fingerprint density at radius 2 is 2.20 bits per heavy atom. The number of ether oxygens (including phenoxy) is 1. The molecule has 1 aliphatic heterocycles. The highest BCUT2D eigenvalue weighted by atomic mass is 16.5. The molecule has 0 atom stereocenters. The van der Waals surface area contributed by atoms with Gasteiger partial charge in [0.05, 0.1) is 19.3 Å². The molecule has 1 rings (SSSR count). The highest BCUT2D eigenvalue weighted by Crippen LogP contribution is 2.03. The fraction of sp³-hybridized carbons (Fsp3) is 0.800. The number of morpholine rings is 1. The number of hydrogen-bond acceptors (Lipinski definition) is 3. The molecule has 0 aromatic rings. The zero-order valence-electron chi connectivity index (χ0n) is 9.11. The van der Waals surface area contributed by atoms with Crippen LogP contribution in [0.4, 0.5) is 4.79 Å². The van der Waals surface area contributed by atoms with Crippen LogP contribution in [0, 0.1) is 11.3 Å². The lowest BCUT2D eigenvalue weighted by Crippen LogP contribution is -2.48. The SMILES string of the molecule is CCCN(CC#N)C(=O)N1CCOCC1. The van der Waals surface area contributed by atoms with E-state index in [1.807, 2.05) is 13.0 Å². The van der Waals surface area contributed by atoms with Crippen molar-refractivity contribution in [1.29, 1.82) is 5.26 Å². The molecule has 0 aromatic heterocycles. The molecule has 0 aliphatic carbocycles. The number of rotatable bonds is 3. The molecule has 0 N–H and O–H groups in total. The second kappa shape index (κ2) is 6.25. The molecule has 84 valence electrons. The van der Waals surface area contributed by atoms with Gasteiger partial charge in [-0.15, -0.1) is 0 Å². The Labute approximate surface area is 90.2 Å². The fourth-order valence-electron chi connectivity index (χ4n) is 1.55. The smallest absolute Gasteiger partial charge is 0.321 e. The summed E-state index contributed by atoms with van der Waals surface area (Å²) in [5, 5.41) is 8.62. The first-order chi connectivity index (χ1) is 7.29. The Hall–Kier alpha value is -1.28. The number of amides is 2. The molecule has 0 spiro atoms. The molecule has 1 aliphatic rings. The molecule has 5 nitrogen and oxygen atoms in total. The van der Waals surface area contributed by atoms with Gasteiger partial charge in [-0.1, -0.05) is 6.92 Å². The van der Waals surface area contributed by atoms with E-state index in [0.717, 1.165) is 6.42 Å². The summed E-state index contributed by atoms with van der Waals surface area (Å²) in [6.45, 7) is 5.26. The normalized spacial score (nSPS) is 15.9. The largest absolute Gasteiger partial charge is 0.378 e. The number of hydrogen-bond donors (Lipinski definition) is 0. The summed E-state index contributed by atoms with van der Waals surface area (Å²) in [5.41, 5.74) is 0. The average Bonchev–Trinajstić information content (AvgIpc) is 2.29. The Morgan fingerprint density at radius 3 is 2.73 bits per heavy atom. The summed E-state index contributed by atoms with van der Waals surface area (Å²) in [7, 11) is 0. The van der Waals surface area contributed by atoms with Gasteiger partial charge in [0.1, 0.15) is 6.54 Å². The standard InChI is InChI=1S/C10H17N3O2/c1-2-4-12(5-3-11)10(14)13-6-8-15-9-7-13/h2,4-9H2,1H3. The maximum Gasteiger partial charge on any atom is 0.321 e. The van der Waals surface area contributed by atoms with Crippen LogP contribution in [0.15, 0.2) is 0 Å². The fourth-order valence-corrected chi connectivity index (χ4v) is 1.55. The summed E-state index contributed by atoms with van der Waals surface area (Å²) in [6.07, 6.45) is 0.873. The van der Waals surface area contributed by atoms with E-state index >= 15 is 0 Å². The van der Waals surface area contributed by atoms with E-state index in [4.69, 9.17) is 10.00 Å². The molecule has 1 saturated heterocycles. The highest BCUT2D eigenvalue weighted by molar-refractivity contribution is 5.74. The predicted octanol–water partition coefficient (Wildman–Crippen LogP) is 0.674. The summed E-state index contributed by atoms with van der Waals surface area (Å²) >= 11 is 0. The van der Waals surface area contributed by atoms with Gasteiger partial charge in [0.25, 0.3) is 0 Å². The minimum Gasteiger partial charge on any atom is -0.378 e. The van der Waals surface area contributed by atoms with E-state index in [2.05, 4.69) is 0 Å². The van der Waals surface area contributed by atoms with Crippen molar-refractivity contribution in [2.24, 2.45) is 0 Å². The molecule has 15 heavy (non-hydrogen) atoms. The third-order valence-electron chi connectivity index (χ3n) is 2.31. The van der Waals surface area contributed by atoms with Crippen molar-refractivity contribution < 1.29 is 9.53 Å². The van der Waals surface area contributed by atoms with Gasteiger partial charge in [-0.2, -0.15) is 5.26 Å². The number of carbonyl (C=O) groups is 1. The lowest BCUT2D eigenvalue weighted by Gasteiger charge is -2.31. The summed E-state index contributed by atoms with van der Waals surface area (Å²) in [6, 6.07) is 1.98. The molecule has 0 saturated carbocycles. The van der Waals surface area contributed by atoms with Gasteiger partial charge < -0.3 is 14.5 Å². The monoisotopic (exact) mass is 211 g/mol. The molecular weight excluding hydrogens is 194 g/mol. The van der Waals surface area contributed by atoms with E-state index in [-0.39, 0.29) is 12.6 Å². The van der Waals surface area contributed by atoms with Gasteiger partial charge in [-0.05, 0) is 6.42 Å². The van der Waals surface area contributed by atoms with Crippen LogP contribution in [0.5, 0.6) is 0 Å². The number of urea groups is 1. The maximum atomic E-state index is 11.9. The quantitative estimate of drug-likeness (QED) is 0.645. The molecule has 0 aromatic carbocycles. The molecule has 0 radical (unpaired) electrons. The Kier molecular flexibility index (Phi) is 4.91. The Bertz CT molecular complexity index is 244. The van der Waals surface area contributed by atoms with Crippen molar-refractivity contribution >= 4 is 6.03 Å². The van der Waals surface area contributed by atoms with Crippen molar-refractivity contribution in [2.75, 3.05) is 39.4 Å². The molecule has 0 bridgehead atoms. The minimum absolute atomic E-state index is 0.0401. The molecular formula is C10H17N3O2. The zero-order valence-corrected chi connectivity index (χ0v) is 9.11. The van der Waals surface area contributed by atoms with Gasteiger partial charge in [0, 0.05) is 19.6 Å². The average molecular weight is 211 g/mol. The van der Waals surface area contributed by atoms with E-state index in [0.29, 0.717) is 32.8 Å². The first kappa shape index (κ1) is 11.8. The number of carbonyl (C=O) groups excluding carboxylic acids is 1. The summed E-state index contributed by atoms with van der Waals surface area (Å²) in [5.74, 6) is 0. The van der Waals surface area contributed by atoms with Crippen molar-refractivity contribution in [3.05, 3.63) is 0 Å². The van der Waals surface area contributed by atoms with E-state index < -0.39 is 0 Å². The number of nitrogens with zero attached hydrogens (tertiary/aromatic N) is 3. The zero-order chi connectivity index (χ0) is 11.1. The van der Waals surface area contributed by atoms with Gasteiger partial charge >= 0.3 is 6.03 Å². The second-order valence-electron chi connectivity index (χ2n) is 3.46. The molecule has 1 fully saturated rings.